The van der Waals surface area contributed by atoms with Crippen LogP contribution in [0.2, 0.25) is 0 Å². The Kier molecular flexibility index (Phi) is 6.51. The van der Waals surface area contributed by atoms with Crippen LogP contribution in [-0.4, -0.2) is 41.8 Å². The second-order valence-corrected chi connectivity index (χ2v) is 10.4. The van der Waals surface area contributed by atoms with E-state index in [0.717, 1.165) is 6.54 Å². The van der Waals surface area contributed by atoms with Gasteiger partial charge in [-0.25, -0.2) is 0 Å². The highest BCUT2D eigenvalue weighted by Crippen LogP contribution is 2.46. The van der Waals surface area contributed by atoms with Gasteiger partial charge in [-0.05, 0) is 52.0 Å². The summed E-state index contributed by atoms with van der Waals surface area (Å²) in [5, 5.41) is 0. The SMILES string of the molecule is CCN(C(C)C)C(C)CCS(C)(C)Cl. The van der Waals surface area contributed by atoms with Gasteiger partial charge in [0, 0.05) is 12.1 Å². The van der Waals surface area contributed by atoms with E-state index >= 15 is 0 Å². The molecule has 0 aromatic heterocycles. The lowest BCUT2D eigenvalue weighted by Crippen LogP contribution is -2.39. The fourth-order valence-corrected chi connectivity index (χ4v) is 2.97. The normalized spacial score (nSPS) is 16.4. The number of halogens is 1. The Labute approximate surface area is 96.0 Å². The zero-order chi connectivity index (χ0) is 11.4. The van der Waals surface area contributed by atoms with Crippen molar-refractivity contribution >= 4 is 19.9 Å². The number of hydrogen-bond donors (Lipinski definition) is 0. The average molecular weight is 240 g/mol. The monoisotopic (exact) mass is 239 g/mol. The highest BCUT2D eigenvalue weighted by molar-refractivity contribution is 8.50. The van der Waals surface area contributed by atoms with Crippen molar-refractivity contribution in [2.75, 3.05) is 24.8 Å². The van der Waals surface area contributed by atoms with E-state index in [-0.39, 0.29) is 0 Å². The Bertz CT molecular complexity index is 154. The van der Waals surface area contributed by atoms with E-state index in [1.54, 1.807) is 0 Å². The molecule has 0 bridgehead atoms. The largest absolute Gasteiger partial charge is 0.299 e. The maximum Gasteiger partial charge on any atom is 0.00771 e. The highest BCUT2D eigenvalue weighted by atomic mass is 35.7. The molecule has 1 atom stereocenters. The molecule has 0 heterocycles. The van der Waals surface area contributed by atoms with Crippen LogP contribution in [0.4, 0.5) is 0 Å². The molecular weight excluding hydrogens is 214 g/mol. The van der Waals surface area contributed by atoms with Gasteiger partial charge in [0.25, 0.3) is 0 Å². The van der Waals surface area contributed by atoms with Crippen molar-refractivity contribution in [2.24, 2.45) is 0 Å². The second-order valence-electron chi connectivity index (χ2n) is 4.67. The predicted octanol–water partition coefficient (Wildman–Crippen LogP) is 3.71. The number of nitrogens with zero attached hydrogens (tertiary/aromatic N) is 1. The van der Waals surface area contributed by atoms with Crippen molar-refractivity contribution < 1.29 is 0 Å². The summed E-state index contributed by atoms with van der Waals surface area (Å²) in [6.45, 7) is 10.2. The maximum atomic E-state index is 6.27. The molecule has 0 aromatic carbocycles. The van der Waals surface area contributed by atoms with Gasteiger partial charge >= 0.3 is 0 Å². The summed E-state index contributed by atoms with van der Waals surface area (Å²) in [5.74, 6) is 1.17. The fourth-order valence-electron chi connectivity index (χ4n) is 1.80. The van der Waals surface area contributed by atoms with Crippen LogP contribution in [0.3, 0.4) is 0 Å². The van der Waals surface area contributed by atoms with Gasteiger partial charge in [-0.2, -0.15) is 9.24 Å². The summed E-state index contributed by atoms with van der Waals surface area (Å²) in [6, 6.07) is 1.30. The van der Waals surface area contributed by atoms with E-state index in [1.165, 1.54) is 12.2 Å². The summed E-state index contributed by atoms with van der Waals surface area (Å²) in [5.41, 5.74) is 0. The van der Waals surface area contributed by atoms with E-state index < -0.39 is 9.24 Å². The van der Waals surface area contributed by atoms with Crippen LogP contribution in [0.25, 0.3) is 0 Å². The van der Waals surface area contributed by atoms with Gasteiger partial charge < -0.3 is 0 Å². The Hall–Kier alpha value is 0.600. The van der Waals surface area contributed by atoms with Crippen molar-refractivity contribution in [3.8, 4) is 0 Å². The molecular formula is C11H26ClNS. The maximum absolute atomic E-state index is 6.27. The minimum absolute atomic E-state index is 0.642. The lowest BCUT2D eigenvalue weighted by Gasteiger charge is -2.33. The van der Waals surface area contributed by atoms with Crippen LogP contribution in [0.5, 0.6) is 0 Å². The fraction of sp³-hybridized carbons (Fsp3) is 1.00. The minimum atomic E-state index is -0.841. The number of rotatable bonds is 6. The van der Waals surface area contributed by atoms with E-state index in [9.17, 15) is 0 Å². The molecule has 0 spiro atoms. The van der Waals surface area contributed by atoms with E-state index in [2.05, 4.69) is 45.1 Å². The van der Waals surface area contributed by atoms with Gasteiger partial charge in [0.2, 0.25) is 0 Å². The third kappa shape index (κ3) is 6.15. The molecule has 0 fully saturated rings. The molecule has 0 aliphatic heterocycles. The first-order valence-electron chi connectivity index (χ1n) is 5.44. The summed E-state index contributed by atoms with van der Waals surface area (Å²) in [7, 11) is 5.43. The van der Waals surface area contributed by atoms with E-state index in [4.69, 9.17) is 10.7 Å². The topological polar surface area (TPSA) is 3.24 Å². The first-order valence-corrected chi connectivity index (χ1v) is 8.88. The Morgan fingerprint density at radius 1 is 1.21 bits per heavy atom. The molecule has 3 heteroatoms. The molecule has 0 saturated carbocycles. The predicted molar refractivity (Wildman–Crippen MR) is 71.8 cm³/mol. The number of hydrogen-bond acceptors (Lipinski definition) is 1. The van der Waals surface area contributed by atoms with Crippen molar-refractivity contribution in [1.82, 2.24) is 4.90 Å². The molecule has 88 valence electrons. The van der Waals surface area contributed by atoms with Gasteiger partial charge in [0.05, 0.1) is 0 Å². The van der Waals surface area contributed by atoms with Gasteiger partial charge in [-0.3, -0.25) is 4.90 Å². The summed E-state index contributed by atoms with van der Waals surface area (Å²) >= 11 is 0. The standard InChI is InChI=1S/C11H26ClNS/c1-7-13(10(2)3)11(4)8-9-14(5,6)12/h10-11H,7-9H2,1-6H3. The highest BCUT2D eigenvalue weighted by Gasteiger charge is 2.17. The molecule has 0 amide bonds. The molecule has 0 rings (SSSR count). The second kappa shape index (κ2) is 6.24. The van der Waals surface area contributed by atoms with Crippen LogP contribution in [0.15, 0.2) is 0 Å². The molecule has 1 unspecified atom stereocenters. The van der Waals surface area contributed by atoms with E-state index in [1.807, 2.05) is 0 Å². The minimum Gasteiger partial charge on any atom is -0.299 e. The van der Waals surface area contributed by atoms with Gasteiger partial charge in [0.1, 0.15) is 0 Å². The van der Waals surface area contributed by atoms with Crippen LogP contribution in [-0.2, 0) is 0 Å². The van der Waals surface area contributed by atoms with E-state index in [0.29, 0.717) is 12.1 Å². The Morgan fingerprint density at radius 3 is 2.00 bits per heavy atom. The first-order chi connectivity index (χ1) is 6.28. The summed E-state index contributed by atoms with van der Waals surface area (Å²) in [6.07, 6.45) is 5.57. The van der Waals surface area contributed by atoms with Gasteiger partial charge in [-0.15, -0.1) is 0 Å². The van der Waals surface area contributed by atoms with Crippen molar-refractivity contribution in [3.63, 3.8) is 0 Å². The zero-order valence-electron chi connectivity index (χ0n) is 10.5. The Balaban J connectivity index is 3.99. The molecule has 0 radical (unpaired) electrons. The molecule has 0 N–H and O–H groups in total. The molecule has 0 saturated heterocycles. The first kappa shape index (κ1) is 14.6. The summed E-state index contributed by atoms with van der Waals surface area (Å²) < 4.78 is 0. The quantitative estimate of drug-likeness (QED) is 0.683. The lowest BCUT2D eigenvalue weighted by atomic mass is 10.2. The Morgan fingerprint density at radius 2 is 1.71 bits per heavy atom. The van der Waals surface area contributed by atoms with Crippen LogP contribution < -0.4 is 0 Å². The lowest BCUT2D eigenvalue weighted by molar-refractivity contribution is 0.170. The zero-order valence-corrected chi connectivity index (χ0v) is 12.1. The average Bonchev–Trinajstić information content (AvgIpc) is 2.00. The van der Waals surface area contributed by atoms with Gasteiger partial charge in [0.15, 0.2) is 0 Å². The van der Waals surface area contributed by atoms with Crippen molar-refractivity contribution in [2.45, 2.75) is 46.2 Å². The third-order valence-electron chi connectivity index (χ3n) is 2.62. The van der Waals surface area contributed by atoms with Crippen LogP contribution in [0.1, 0.15) is 34.1 Å². The molecule has 14 heavy (non-hydrogen) atoms. The molecule has 0 aromatic rings. The van der Waals surface area contributed by atoms with Crippen LogP contribution in [0, 0.1) is 0 Å². The third-order valence-corrected chi connectivity index (χ3v) is 4.29. The van der Waals surface area contributed by atoms with Crippen molar-refractivity contribution in [3.05, 3.63) is 0 Å². The molecule has 0 aliphatic carbocycles. The summed E-state index contributed by atoms with van der Waals surface area (Å²) in [4.78, 5) is 2.53. The molecule has 1 nitrogen and oxygen atoms in total. The van der Waals surface area contributed by atoms with Gasteiger partial charge in [-0.1, -0.05) is 17.6 Å². The van der Waals surface area contributed by atoms with Crippen LogP contribution >= 0.6 is 19.9 Å². The smallest absolute Gasteiger partial charge is 0.00771 e. The van der Waals surface area contributed by atoms with Crippen molar-refractivity contribution in [1.29, 1.82) is 0 Å². The molecule has 0 aliphatic rings.